The molecule has 0 fully saturated rings. The SMILES string of the molecule is CCCCNC(=O)CN(c1ccc(OCCC)cc1)S(C)(=O)=O. The van der Waals surface area contributed by atoms with Crippen molar-refractivity contribution in [2.45, 2.75) is 33.1 Å². The maximum Gasteiger partial charge on any atom is 0.240 e. The topological polar surface area (TPSA) is 75.7 Å². The highest BCUT2D eigenvalue weighted by atomic mass is 32.2. The Kier molecular flexibility index (Phi) is 7.88. The molecule has 130 valence electrons. The van der Waals surface area contributed by atoms with Gasteiger partial charge in [-0.3, -0.25) is 9.10 Å². The van der Waals surface area contributed by atoms with E-state index in [1.807, 2.05) is 13.8 Å². The molecule has 23 heavy (non-hydrogen) atoms. The van der Waals surface area contributed by atoms with Crippen molar-refractivity contribution in [3.8, 4) is 5.75 Å². The van der Waals surface area contributed by atoms with Crippen LogP contribution in [0.25, 0.3) is 0 Å². The molecule has 0 atom stereocenters. The summed E-state index contributed by atoms with van der Waals surface area (Å²) in [6.07, 6.45) is 3.83. The zero-order chi connectivity index (χ0) is 17.3. The summed E-state index contributed by atoms with van der Waals surface area (Å²) in [5, 5.41) is 2.73. The van der Waals surface area contributed by atoms with Crippen LogP contribution in [0.2, 0.25) is 0 Å². The lowest BCUT2D eigenvalue weighted by Crippen LogP contribution is -2.40. The van der Waals surface area contributed by atoms with Gasteiger partial charge in [0.15, 0.2) is 0 Å². The Hall–Kier alpha value is -1.76. The normalized spacial score (nSPS) is 11.1. The van der Waals surface area contributed by atoms with Crippen molar-refractivity contribution in [3.05, 3.63) is 24.3 Å². The van der Waals surface area contributed by atoms with Gasteiger partial charge in [0.25, 0.3) is 0 Å². The Bertz CT molecular complexity index is 585. The first-order valence-corrected chi connectivity index (χ1v) is 9.70. The summed E-state index contributed by atoms with van der Waals surface area (Å²) in [4.78, 5) is 11.9. The second kappa shape index (κ2) is 9.39. The summed E-state index contributed by atoms with van der Waals surface area (Å²) in [5.74, 6) is 0.367. The second-order valence-corrected chi connectivity index (χ2v) is 7.22. The van der Waals surface area contributed by atoms with E-state index >= 15 is 0 Å². The average Bonchev–Trinajstić information content (AvgIpc) is 2.50. The fraction of sp³-hybridized carbons (Fsp3) is 0.562. The molecule has 0 aliphatic carbocycles. The van der Waals surface area contributed by atoms with Crippen LogP contribution in [0.3, 0.4) is 0 Å². The molecule has 6 nitrogen and oxygen atoms in total. The predicted molar refractivity (Wildman–Crippen MR) is 92.3 cm³/mol. The number of rotatable bonds is 10. The van der Waals surface area contributed by atoms with Gasteiger partial charge >= 0.3 is 0 Å². The number of carbonyl (C=O) groups excluding carboxylic acids is 1. The lowest BCUT2D eigenvalue weighted by atomic mass is 10.3. The zero-order valence-electron chi connectivity index (χ0n) is 14.0. The molecular weight excluding hydrogens is 316 g/mol. The molecule has 1 N–H and O–H groups in total. The van der Waals surface area contributed by atoms with Crippen LogP contribution < -0.4 is 14.4 Å². The molecule has 0 unspecified atom stereocenters. The molecule has 1 aromatic carbocycles. The number of anilines is 1. The van der Waals surface area contributed by atoms with Gasteiger partial charge < -0.3 is 10.1 Å². The molecule has 0 spiro atoms. The van der Waals surface area contributed by atoms with Gasteiger partial charge in [-0.25, -0.2) is 8.42 Å². The van der Waals surface area contributed by atoms with Gasteiger partial charge in [-0.2, -0.15) is 0 Å². The zero-order valence-corrected chi connectivity index (χ0v) is 14.9. The van der Waals surface area contributed by atoms with Gasteiger partial charge in [0, 0.05) is 6.54 Å². The van der Waals surface area contributed by atoms with Crippen molar-refractivity contribution in [1.82, 2.24) is 5.32 Å². The molecule has 0 aliphatic heterocycles. The van der Waals surface area contributed by atoms with E-state index in [0.29, 0.717) is 24.6 Å². The van der Waals surface area contributed by atoms with Crippen LogP contribution in [-0.4, -0.2) is 40.3 Å². The smallest absolute Gasteiger partial charge is 0.240 e. The van der Waals surface area contributed by atoms with E-state index in [0.717, 1.165) is 29.8 Å². The molecule has 0 aromatic heterocycles. The number of benzene rings is 1. The minimum atomic E-state index is -3.54. The molecule has 1 aromatic rings. The number of sulfonamides is 1. The van der Waals surface area contributed by atoms with Crippen LogP contribution in [0.4, 0.5) is 5.69 Å². The molecule has 1 amide bonds. The van der Waals surface area contributed by atoms with Crippen molar-refractivity contribution in [3.63, 3.8) is 0 Å². The van der Waals surface area contributed by atoms with Gasteiger partial charge in [-0.1, -0.05) is 20.3 Å². The summed E-state index contributed by atoms with van der Waals surface area (Å²) in [6.45, 7) is 4.97. The van der Waals surface area contributed by atoms with Crippen molar-refractivity contribution >= 4 is 21.6 Å². The highest BCUT2D eigenvalue weighted by molar-refractivity contribution is 7.92. The molecule has 0 saturated heterocycles. The van der Waals surface area contributed by atoms with Gasteiger partial charge in [-0.15, -0.1) is 0 Å². The van der Waals surface area contributed by atoms with Gasteiger partial charge in [0.1, 0.15) is 12.3 Å². The molecule has 7 heteroatoms. The van der Waals surface area contributed by atoms with Crippen LogP contribution in [0.1, 0.15) is 33.1 Å². The monoisotopic (exact) mass is 342 g/mol. The lowest BCUT2D eigenvalue weighted by Gasteiger charge is -2.22. The third-order valence-corrected chi connectivity index (χ3v) is 4.28. The minimum Gasteiger partial charge on any atom is -0.494 e. The number of hydrogen-bond donors (Lipinski definition) is 1. The molecule has 0 saturated carbocycles. The van der Waals surface area contributed by atoms with E-state index in [2.05, 4.69) is 5.32 Å². The highest BCUT2D eigenvalue weighted by Crippen LogP contribution is 2.21. The Morgan fingerprint density at radius 1 is 1.17 bits per heavy atom. The van der Waals surface area contributed by atoms with E-state index in [1.165, 1.54) is 0 Å². The quantitative estimate of drug-likeness (QED) is 0.661. The number of hydrogen-bond acceptors (Lipinski definition) is 4. The number of amides is 1. The largest absolute Gasteiger partial charge is 0.494 e. The van der Waals surface area contributed by atoms with Crippen LogP contribution in [0.5, 0.6) is 5.75 Å². The molecular formula is C16H26N2O4S. The van der Waals surface area contributed by atoms with Gasteiger partial charge in [0.2, 0.25) is 15.9 Å². The molecule has 0 heterocycles. The van der Waals surface area contributed by atoms with E-state index in [9.17, 15) is 13.2 Å². The predicted octanol–water partition coefficient (Wildman–Crippen LogP) is 2.16. The van der Waals surface area contributed by atoms with Crippen LogP contribution in [0.15, 0.2) is 24.3 Å². The minimum absolute atomic E-state index is 0.224. The summed E-state index contributed by atoms with van der Waals surface area (Å²) >= 11 is 0. The highest BCUT2D eigenvalue weighted by Gasteiger charge is 2.20. The van der Waals surface area contributed by atoms with E-state index in [1.54, 1.807) is 24.3 Å². The summed E-state index contributed by atoms with van der Waals surface area (Å²) in [5.41, 5.74) is 0.446. The summed E-state index contributed by atoms with van der Waals surface area (Å²) in [6, 6.07) is 6.70. The summed E-state index contributed by atoms with van der Waals surface area (Å²) in [7, 11) is -3.54. The van der Waals surface area contributed by atoms with Gasteiger partial charge in [0.05, 0.1) is 18.6 Å². The fourth-order valence-corrected chi connectivity index (χ4v) is 2.78. The fourth-order valence-electron chi connectivity index (χ4n) is 1.92. The molecule has 1 rings (SSSR count). The number of nitrogens with zero attached hydrogens (tertiary/aromatic N) is 1. The van der Waals surface area contributed by atoms with Crippen LogP contribution in [0, 0.1) is 0 Å². The first-order valence-electron chi connectivity index (χ1n) is 7.85. The maximum atomic E-state index is 12.0. The number of carbonyl (C=O) groups is 1. The average molecular weight is 342 g/mol. The number of nitrogens with one attached hydrogen (secondary N) is 1. The first-order chi connectivity index (χ1) is 10.9. The molecule has 0 radical (unpaired) electrons. The molecule has 0 bridgehead atoms. The first kappa shape index (κ1) is 19.3. The van der Waals surface area contributed by atoms with Crippen molar-refractivity contribution < 1.29 is 17.9 Å². The third kappa shape index (κ3) is 6.90. The Morgan fingerprint density at radius 3 is 2.35 bits per heavy atom. The number of ether oxygens (including phenoxy) is 1. The summed E-state index contributed by atoms with van der Waals surface area (Å²) < 4.78 is 30.5. The number of unbranched alkanes of at least 4 members (excludes halogenated alkanes) is 1. The Labute approximate surface area is 138 Å². The van der Waals surface area contributed by atoms with Crippen molar-refractivity contribution in [1.29, 1.82) is 0 Å². The Balaban J connectivity index is 2.80. The van der Waals surface area contributed by atoms with E-state index < -0.39 is 10.0 Å². The van der Waals surface area contributed by atoms with Crippen molar-refractivity contribution in [2.24, 2.45) is 0 Å². The maximum absolute atomic E-state index is 12.0. The third-order valence-electron chi connectivity index (χ3n) is 3.14. The standard InChI is InChI=1S/C16H26N2O4S/c1-4-6-11-17-16(19)13-18(23(3,20)21)14-7-9-15(10-8-14)22-12-5-2/h7-10H,4-6,11-13H2,1-3H3,(H,17,19). The van der Waals surface area contributed by atoms with Crippen molar-refractivity contribution in [2.75, 3.05) is 30.3 Å². The molecule has 0 aliphatic rings. The van der Waals surface area contributed by atoms with Crippen LogP contribution in [-0.2, 0) is 14.8 Å². The van der Waals surface area contributed by atoms with E-state index in [4.69, 9.17) is 4.74 Å². The van der Waals surface area contributed by atoms with E-state index in [-0.39, 0.29) is 12.5 Å². The lowest BCUT2D eigenvalue weighted by molar-refractivity contribution is -0.119. The Morgan fingerprint density at radius 2 is 1.83 bits per heavy atom. The van der Waals surface area contributed by atoms with Gasteiger partial charge in [-0.05, 0) is 37.1 Å². The second-order valence-electron chi connectivity index (χ2n) is 5.32. The van der Waals surface area contributed by atoms with Crippen LogP contribution >= 0.6 is 0 Å².